The maximum Gasteiger partial charge on any atom is 0.0479 e. The van der Waals surface area contributed by atoms with Crippen LogP contribution >= 0.6 is 12.6 Å². The van der Waals surface area contributed by atoms with Gasteiger partial charge < -0.3 is 5.32 Å². The van der Waals surface area contributed by atoms with E-state index < -0.39 is 0 Å². The zero-order valence-corrected chi connectivity index (χ0v) is 14.5. The molecule has 1 aromatic carbocycles. The number of rotatable bonds is 5. The molecule has 1 nitrogen and oxygen atoms in total. The lowest BCUT2D eigenvalue weighted by Gasteiger charge is -2.21. The lowest BCUT2D eigenvalue weighted by atomic mass is 9.91. The van der Waals surface area contributed by atoms with Crippen LogP contribution in [0.1, 0.15) is 56.4 Å². The number of nitrogens with one attached hydrogen (secondary N) is 1. The van der Waals surface area contributed by atoms with Crippen molar-refractivity contribution >= 4 is 18.2 Å². The second-order valence-electron chi connectivity index (χ2n) is 5.08. The summed E-state index contributed by atoms with van der Waals surface area (Å²) in [7, 11) is 0. The largest absolute Gasteiger partial charge is 0.313 e. The van der Waals surface area contributed by atoms with Gasteiger partial charge in [-0.15, -0.1) is 0 Å². The van der Waals surface area contributed by atoms with Gasteiger partial charge in [-0.3, -0.25) is 0 Å². The number of thiol groups is 1. The molecule has 0 aliphatic carbocycles. The number of hydrogen-bond acceptors (Lipinski definition) is 2. The molecule has 1 aliphatic rings. The van der Waals surface area contributed by atoms with Crippen LogP contribution < -0.4 is 5.32 Å². The molecule has 116 valence electrons. The Morgan fingerprint density at radius 1 is 1.33 bits per heavy atom. The molecule has 2 rings (SSSR count). The molecule has 1 unspecified atom stereocenters. The van der Waals surface area contributed by atoms with Crippen molar-refractivity contribution in [1.82, 2.24) is 5.32 Å². The summed E-state index contributed by atoms with van der Waals surface area (Å²) in [6, 6.07) is 8.62. The maximum absolute atomic E-state index is 4.80. The van der Waals surface area contributed by atoms with E-state index in [1.165, 1.54) is 22.3 Å². The highest BCUT2D eigenvalue weighted by Gasteiger charge is 2.16. The highest BCUT2D eigenvalue weighted by molar-refractivity contribution is 7.80. The van der Waals surface area contributed by atoms with E-state index >= 15 is 0 Å². The van der Waals surface area contributed by atoms with Crippen molar-refractivity contribution in [1.29, 1.82) is 0 Å². The molecule has 0 radical (unpaired) electrons. The first-order chi connectivity index (χ1) is 10.2. The van der Waals surface area contributed by atoms with E-state index in [-0.39, 0.29) is 5.25 Å². The summed E-state index contributed by atoms with van der Waals surface area (Å²) >= 11 is 4.80. The smallest absolute Gasteiger partial charge is 0.0479 e. The molecule has 1 aromatic rings. The molecule has 0 aromatic heterocycles. The predicted octanol–water partition coefficient (Wildman–Crippen LogP) is 5.42. The first-order valence-corrected chi connectivity index (χ1v) is 8.60. The summed E-state index contributed by atoms with van der Waals surface area (Å²) < 4.78 is 0. The number of hydrogen-bond donors (Lipinski definition) is 2. The third-order valence-electron chi connectivity index (χ3n) is 3.62. The summed E-state index contributed by atoms with van der Waals surface area (Å²) in [4.78, 5) is 0. The van der Waals surface area contributed by atoms with Crippen LogP contribution in [0.2, 0.25) is 0 Å². The van der Waals surface area contributed by atoms with E-state index in [0.717, 1.165) is 32.4 Å². The van der Waals surface area contributed by atoms with Gasteiger partial charge in [-0.1, -0.05) is 69.7 Å². The first kappa shape index (κ1) is 18.1. The van der Waals surface area contributed by atoms with Crippen molar-refractivity contribution in [3.05, 3.63) is 53.6 Å². The van der Waals surface area contributed by atoms with Crippen molar-refractivity contribution in [2.75, 3.05) is 13.1 Å². The molecule has 0 amide bonds. The van der Waals surface area contributed by atoms with Gasteiger partial charge in [-0.25, -0.2) is 0 Å². The highest BCUT2D eigenvalue weighted by Crippen LogP contribution is 2.35. The van der Waals surface area contributed by atoms with Crippen molar-refractivity contribution in [2.24, 2.45) is 0 Å². The second-order valence-corrected chi connectivity index (χ2v) is 5.60. The van der Waals surface area contributed by atoms with Gasteiger partial charge in [-0.05, 0) is 36.1 Å². The van der Waals surface area contributed by atoms with Gasteiger partial charge in [0.2, 0.25) is 0 Å². The van der Waals surface area contributed by atoms with Crippen molar-refractivity contribution in [3.8, 4) is 0 Å². The zero-order chi connectivity index (χ0) is 15.7. The molecule has 0 saturated heterocycles. The van der Waals surface area contributed by atoms with Gasteiger partial charge in [0.15, 0.2) is 0 Å². The summed E-state index contributed by atoms with van der Waals surface area (Å²) in [6.07, 6.45) is 5.57. The highest BCUT2D eigenvalue weighted by atomic mass is 32.1. The Labute approximate surface area is 136 Å². The molecule has 0 fully saturated rings. The third kappa shape index (κ3) is 5.05. The van der Waals surface area contributed by atoms with E-state index in [1.807, 2.05) is 13.8 Å². The molecule has 0 saturated carbocycles. The minimum Gasteiger partial charge on any atom is -0.313 e. The Bertz CT molecular complexity index is 476. The first-order valence-electron chi connectivity index (χ1n) is 8.08. The number of benzene rings is 1. The van der Waals surface area contributed by atoms with E-state index in [4.69, 9.17) is 12.6 Å². The molecule has 0 bridgehead atoms. The summed E-state index contributed by atoms with van der Waals surface area (Å²) in [5.41, 5.74) is 5.31. The van der Waals surface area contributed by atoms with Gasteiger partial charge in [0.1, 0.15) is 0 Å². The van der Waals surface area contributed by atoms with Crippen LogP contribution in [-0.4, -0.2) is 13.1 Å². The minimum absolute atomic E-state index is 0.145. The lowest BCUT2D eigenvalue weighted by molar-refractivity contribution is 0.738. The molecule has 1 aliphatic heterocycles. The van der Waals surface area contributed by atoms with Crippen LogP contribution in [0.5, 0.6) is 0 Å². The molecule has 2 heteroatoms. The van der Waals surface area contributed by atoms with Crippen molar-refractivity contribution in [3.63, 3.8) is 0 Å². The second kappa shape index (κ2) is 9.86. The molecule has 21 heavy (non-hydrogen) atoms. The molecule has 1 N–H and O–H groups in total. The Hall–Kier alpha value is -0.990. The Morgan fingerprint density at radius 3 is 2.67 bits per heavy atom. The Morgan fingerprint density at radius 2 is 2.05 bits per heavy atom. The summed E-state index contributed by atoms with van der Waals surface area (Å²) in [6.45, 7) is 12.4. The molecule has 1 heterocycles. The normalized spacial score (nSPS) is 15.5. The third-order valence-corrected chi connectivity index (χ3v) is 4.27. The van der Waals surface area contributed by atoms with Gasteiger partial charge in [0, 0.05) is 11.8 Å². The fraction of sp³-hybridized carbons (Fsp3) is 0.474. The predicted molar refractivity (Wildman–Crippen MR) is 99.0 cm³/mol. The van der Waals surface area contributed by atoms with Crippen LogP contribution in [-0.2, 0) is 0 Å². The van der Waals surface area contributed by atoms with Crippen molar-refractivity contribution in [2.45, 2.75) is 45.3 Å². The van der Waals surface area contributed by atoms with Gasteiger partial charge in [0.05, 0.1) is 0 Å². The van der Waals surface area contributed by atoms with Crippen LogP contribution in [0.25, 0.3) is 5.57 Å². The average Bonchev–Trinajstić information content (AvgIpc) is 2.57. The molecule has 0 spiro atoms. The molecule has 1 atom stereocenters. The Kier molecular flexibility index (Phi) is 8.48. The van der Waals surface area contributed by atoms with E-state index in [9.17, 15) is 0 Å². The summed E-state index contributed by atoms with van der Waals surface area (Å²) in [5.74, 6) is 0. The van der Waals surface area contributed by atoms with Crippen LogP contribution in [0.3, 0.4) is 0 Å². The van der Waals surface area contributed by atoms with E-state index in [2.05, 4.69) is 49.2 Å². The molecular formula is C19H29NS. The fourth-order valence-electron chi connectivity index (χ4n) is 2.57. The Balaban J connectivity index is 0.00000106. The molecular weight excluding hydrogens is 274 g/mol. The van der Waals surface area contributed by atoms with E-state index in [0.29, 0.717) is 0 Å². The van der Waals surface area contributed by atoms with E-state index in [1.54, 1.807) is 0 Å². The summed E-state index contributed by atoms with van der Waals surface area (Å²) in [5, 5.41) is 3.51. The quantitative estimate of drug-likeness (QED) is 0.547. The monoisotopic (exact) mass is 303 g/mol. The van der Waals surface area contributed by atoms with Crippen molar-refractivity contribution < 1.29 is 0 Å². The average molecular weight is 304 g/mol. The van der Waals surface area contributed by atoms with Crippen LogP contribution in [0, 0.1) is 0 Å². The standard InChI is InChI=1S/C17H23NS.C2H6/c1-3-6-13(2)17(19)16-8-5-4-7-15(16)14-9-11-18-12-10-14;1-2/h4-5,7-9,17-19H,2-3,6,10-12H2,1H3;1-2H3. The lowest BCUT2D eigenvalue weighted by Crippen LogP contribution is -2.20. The van der Waals surface area contributed by atoms with Gasteiger partial charge in [-0.2, -0.15) is 12.6 Å². The minimum atomic E-state index is 0.145. The fourth-order valence-corrected chi connectivity index (χ4v) is 2.93. The zero-order valence-electron chi connectivity index (χ0n) is 13.7. The topological polar surface area (TPSA) is 12.0 Å². The SMILES string of the molecule is C=C(CCC)C(S)c1ccccc1C1=CCNCC1.CC. The van der Waals surface area contributed by atoms with Gasteiger partial charge in [0.25, 0.3) is 0 Å². The van der Waals surface area contributed by atoms with Crippen LogP contribution in [0.15, 0.2) is 42.5 Å². The maximum atomic E-state index is 4.80. The van der Waals surface area contributed by atoms with Gasteiger partial charge >= 0.3 is 0 Å². The van der Waals surface area contributed by atoms with Crippen LogP contribution in [0.4, 0.5) is 0 Å².